The predicted molar refractivity (Wildman–Crippen MR) is 113 cm³/mol. The van der Waals surface area contributed by atoms with Gasteiger partial charge >= 0.3 is 5.97 Å². The molecule has 1 fully saturated rings. The third-order valence-electron chi connectivity index (χ3n) is 5.27. The molecule has 4 rings (SSSR count). The number of allylic oxidation sites excluding steroid dienone is 3. The van der Waals surface area contributed by atoms with Gasteiger partial charge < -0.3 is 15.8 Å². The molecule has 2 aliphatic heterocycles. The number of carbonyl (C=O) groups excluding carboxylic acids is 2. The maximum atomic E-state index is 12.7. The lowest BCUT2D eigenvalue weighted by Crippen LogP contribution is -2.32. The number of aryl methyl sites for hydroxylation is 1. The van der Waals surface area contributed by atoms with Crippen molar-refractivity contribution in [2.45, 2.75) is 32.6 Å². The van der Waals surface area contributed by atoms with Crippen molar-refractivity contribution in [1.29, 1.82) is 0 Å². The maximum absolute atomic E-state index is 12.7. The largest absolute Gasteiger partial charge is 0.465 e. The molecule has 3 N–H and O–H groups in total. The highest BCUT2D eigenvalue weighted by Gasteiger charge is 2.28. The quantitative estimate of drug-likeness (QED) is 0.751. The lowest BCUT2D eigenvalue weighted by Gasteiger charge is -2.36. The summed E-state index contributed by atoms with van der Waals surface area (Å²) in [5.41, 5.74) is 10.9. The summed E-state index contributed by atoms with van der Waals surface area (Å²) < 4.78 is 4.79. The van der Waals surface area contributed by atoms with Crippen LogP contribution in [0.3, 0.4) is 0 Å². The zero-order valence-corrected chi connectivity index (χ0v) is 16.9. The molecular weight excluding hydrogens is 382 g/mol. The van der Waals surface area contributed by atoms with Gasteiger partial charge in [-0.05, 0) is 56.0 Å². The average molecular weight is 405 g/mol. The molecule has 154 valence electrons. The van der Waals surface area contributed by atoms with E-state index in [-0.39, 0.29) is 11.3 Å². The number of esters is 1. The number of rotatable bonds is 4. The Hall–Kier alpha value is -3.68. The maximum Gasteiger partial charge on any atom is 0.339 e. The van der Waals surface area contributed by atoms with Crippen molar-refractivity contribution in [3.63, 3.8) is 0 Å². The van der Waals surface area contributed by atoms with Gasteiger partial charge in [-0.1, -0.05) is 12.1 Å². The van der Waals surface area contributed by atoms with E-state index >= 15 is 0 Å². The van der Waals surface area contributed by atoms with Crippen molar-refractivity contribution >= 4 is 23.4 Å². The second-order valence-corrected chi connectivity index (χ2v) is 7.33. The standard InChI is InChI=1S/C22H23N5O3/c1-13-6-8-15(22(29)30-2)18(12-13)24-21(28)17-10-11-20(26-25-17)27-14-4-3-5-19(27)16(23)9-7-14/h6-8,10-12H,3-5,9,23H2,1-2H3,(H,24,28). The lowest BCUT2D eigenvalue weighted by atomic mass is 9.96. The number of carbonyl (C=O) groups is 2. The van der Waals surface area contributed by atoms with E-state index in [0.29, 0.717) is 11.5 Å². The van der Waals surface area contributed by atoms with Gasteiger partial charge in [0.1, 0.15) is 0 Å². The van der Waals surface area contributed by atoms with Crippen LogP contribution in [0, 0.1) is 6.92 Å². The summed E-state index contributed by atoms with van der Waals surface area (Å²) >= 11 is 0. The first kappa shape index (κ1) is 19.6. The molecule has 2 aliphatic rings. The van der Waals surface area contributed by atoms with Gasteiger partial charge in [0.05, 0.1) is 18.4 Å². The molecule has 1 amide bonds. The van der Waals surface area contributed by atoms with Gasteiger partial charge in [0, 0.05) is 23.5 Å². The Morgan fingerprint density at radius 1 is 1.17 bits per heavy atom. The Balaban J connectivity index is 1.56. The minimum absolute atomic E-state index is 0.147. The minimum atomic E-state index is -0.525. The topological polar surface area (TPSA) is 110 Å². The number of piperidine rings is 1. The molecule has 30 heavy (non-hydrogen) atoms. The first-order valence-corrected chi connectivity index (χ1v) is 9.78. The van der Waals surface area contributed by atoms with Crippen molar-refractivity contribution in [2.24, 2.45) is 5.73 Å². The van der Waals surface area contributed by atoms with E-state index in [0.717, 1.165) is 42.6 Å². The number of nitrogens with zero attached hydrogens (tertiary/aromatic N) is 3. The van der Waals surface area contributed by atoms with Crippen LogP contribution in [0.25, 0.3) is 0 Å². The summed E-state index contributed by atoms with van der Waals surface area (Å²) in [4.78, 5) is 26.7. The Morgan fingerprint density at radius 2 is 2.00 bits per heavy atom. The number of nitrogens with two attached hydrogens (primary N) is 1. The van der Waals surface area contributed by atoms with E-state index in [1.165, 1.54) is 12.8 Å². The minimum Gasteiger partial charge on any atom is -0.465 e. The van der Waals surface area contributed by atoms with Gasteiger partial charge in [0.15, 0.2) is 11.5 Å². The highest BCUT2D eigenvalue weighted by atomic mass is 16.5. The molecule has 0 saturated carbocycles. The van der Waals surface area contributed by atoms with Crippen LogP contribution in [-0.2, 0) is 4.74 Å². The lowest BCUT2D eigenvalue weighted by molar-refractivity contribution is 0.0602. The van der Waals surface area contributed by atoms with Crippen LogP contribution in [0.1, 0.15) is 52.1 Å². The van der Waals surface area contributed by atoms with E-state index in [1.54, 1.807) is 30.3 Å². The number of methoxy groups -OCH3 is 1. The first-order chi connectivity index (χ1) is 14.5. The van der Waals surface area contributed by atoms with Crippen LogP contribution >= 0.6 is 0 Å². The second kappa shape index (κ2) is 7.98. The molecule has 0 atom stereocenters. The highest BCUT2D eigenvalue weighted by molar-refractivity contribution is 6.07. The van der Waals surface area contributed by atoms with Crippen molar-refractivity contribution in [3.05, 3.63) is 70.3 Å². The van der Waals surface area contributed by atoms with E-state index < -0.39 is 11.9 Å². The normalized spacial score (nSPS) is 15.5. The fraction of sp³-hybridized carbons (Fsp3) is 0.273. The van der Waals surface area contributed by atoms with E-state index in [4.69, 9.17) is 10.5 Å². The summed E-state index contributed by atoms with van der Waals surface area (Å²) in [5.74, 6) is -0.343. The molecule has 0 aliphatic carbocycles. The number of aromatic nitrogens is 2. The molecule has 0 spiro atoms. The molecule has 1 aromatic heterocycles. The fourth-order valence-electron chi connectivity index (χ4n) is 3.76. The molecule has 0 unspecified atom stereocenters. The van der Waals surface area contributed by atoms with Crippen molar-refractivity contribution in [1.82, 2.24) is 10.2 Å². The summed E-state index contributed by atoms with van der Waals surface area (Å²) in [7, 11) is 1.30. The van der Waals surface area contributed by atoms with Crippen molar-refractivity contribution < 1.29 is 14.3 Å². The fourth-order valence-corrected chi connectivity index (χ4v) is 3.76. The molecule has 8 nitrogen and oxygen atoms in total. The van der Waals surface area contributed by atoms with Gasteiger partial charge in [-0.25, -0.2) is 4.79 Å². The van der Waals surface area contributed by atoms with Crippen molar-refractivity contribution in [3.8, 4) is 0 Å². The average Bonchev–Trinajstić information content (AvgIpc) is 2.76. The van der Waals surface area contributed by atoms with Crippen LogP contribution in [0.5, 0.6) is 0 Å². The number of fused-ring (bicyclic) bond motifs is 2. The van der Waals surface area contributed by atoms with Crippen LogP contribution in [0.4, 0.5) is 11.5 Å². The number of amides is 1. The zero-order chi connectivity index (χ0) is 21.3. The molecule has 2 bridgehead atoms. The van der Waals surface area contributed by atoms with Crippen LogP contribution < -0.4 is 16.0 Å². The molecule has 2 aromatic rings. The summed E-state index contributed by atoms with van der Waals surface area (Å²) in [6.45, 7) is 1.87. The number of nitrogens with one attached hydrogen (secondary N) is 1. The summed E-state index contributed by atoms with van der Waals surface area (Å²) in [5, 5.41) is 11.1. The van der Waals surface area contributed by atoms with Crippen molar-refractivity contribution in [2.75, 3.05) is 17.3 Å². The Bertz CT molecular complexity index is 1070. The van der Waals surface area contributed by atoms with E-state index in [2.05, 4.69) is 21.6 Å². The highest BCUT2D eigenvalue weighted by Crippen LogP contribution is 2.37. The number of anilines is 2. The number of hydrogen-bond donors (Lipinski definition) is 2. The number of hydrogen-bond acceptors (Lipinski definition) is 7. The second-order valence-electron chi connectivity index (χ2n) is 7.33. The molecule has 1 saturated heterocycles. The smallest absolute Gasteiger partial charge is 0.339 e. The van der Waals surface area contributed by atoms with Gasteiger partial charge in [-0.3, -0.25) is 9.69 Å². The first-order valence-electron chi connectivity index (χ1n) is 9.78. The molecule has 1 aromatic carbocycles. The summed E-state index contributed by atoms with van der Waals surface area (Å²) in [6, 6.07) is 8.49. The van der Waals surface area contributed by atoms with Gasteiger partial charge in [0.25, 0.3) is 5.91 Å². The number of ether oxygens (including phenoxy) is 1. The monoisotopic (exact) mass is 405 g/mol. The van der Waals surface area contributed by atoms with E-state index in [1.807, 2.05) is 11.8 Å². The van der Waals surface area contributed by atoms with Gasteiger partial charge in [0.2, 0.25) is 0 Å². The number of benzene rings is 1. The van der Waals surface area contributed by atoms with E-state index in [9.17, 15) is 9.59 Å². The Kier molecular flexibility index (Phi) is 5.22. The predicted octanol–water partition coefficient (Wildman–Crippen LogP) is 3.27. The zero-order valence-electron chi connectivity index (χ0n) is 16.9. The van der Waals surface area contributed by atoms with Crippen LogP contribution in [-0.4, -0.2) is 29.2 Å². The van der Waals surface area contributed by atoms with Crippen LogP contribution in [0.15, 0.2) is 53.5 Å². The molecule has 3 heterocycles. The summed E-state index contributed by atoms with van der Waals surface area (Å²) in [6.07, 6.45) is 5.80. The third-order valence-corrected chi connectivity index (χ3v) is 5.27. The Labute approximate surface area is 174 Å². The Morgan fingerprint density at radius 3 is 2.73 bits per heavy atom. The van der Waals surface area contributed by atoms with Gasteiger partial charge in [-0.2, -0.15) is 0 Å². The molecule has 0 radical (unpaired) electrons. The molecule has 8 heteroatoms. The van der Waals surface area contributed by atoms with Gasteiger partial charge in [-0.15, -0.1) is 10.2 Å². The van der Waals surface area contributed by atoms with Crippen LogP contribution in [0.2, 0.25) is 0 Å². The molecular formula is C22H23N5O3. The SMILES string of the molecule is COC(=O)c1ccc(C)cc1NC(=O)c1ccc(N2C3=CCC(N)=C2CCC3)nn1. The third kappa shape index (κ3) is 3.63.